The molecule has 0 atom stereocenters. The van der Waals surface area contributed by atoms with E-state index in [0.717, 1.165) is 57.2 Å². The maximum atomic E-state index is 13.3. The standard InChI is InChI=1S/C24H26Cl2N2O3/c25-17-5-10-20(21(26)15-17)24(11-1-2-12-24)23(30)27-18-6-8-19(9-7-18)31-16-22(29)28-13-3-4-14-28/h5-10,15H,1-4,11-14,16H2,(H,27,30). The summed E-state index contributed by atoms with van der Waals surface area (Å²) in [6.45, 7) is 1.66. The van der Waals surface area contributed by atoms with Crippen molar-refractivity contribution in [1.29, 1.82) is 0 Å². The fraction of sp³-hybridized carbons (Fsp3) is 0.417. The molecule has 0 radical (unpaired) electrons. The highest BCUT2D eigenvalue weighted by molar-refractivity contribution is 6.35. The van der Waals surface area contributed by atoms with Crippen molar-refractivity contribution in [1.82, 2.24) is 4.90 Å². The van der Waals surface area contributed by atoms with Crippen molar-refractivity contribution in [3.8, 4) is 5.75 Å². The highest BCUT2D eigenvalue weighted by Gasteiger charge is 2.44. The smallest absolute Gasteiger partial charge is 0.260 e. The Kier molecular flexibility index (Phi) is 6.73. The van der Waals surface area contributed by atoms with Crippen LogP contribution >= 0.6 is 23.2 Å². The molecule has 2 aromatic carbocycles. The van der Waals surface area contributed by atoms with Crippen molar-refractivity contribution in [3.05, 3.63) is 58.1 Å². The van der Waals surface area contributed by atoms with Gasteiger partial charge in [0.2, 0.25) is 5.91 Å². The molecule has 164 valence electrons. The van der Waals surface area contributed by atoms with Crippen LogP contribution in [0.5, 0.6) is 5.75 Å². The lowest BCUT2D eigenvalue weighted by molar-refractivity contribution is -0.132. The van der Waals surface area contributed by atoms with E-state index in [9.17, 15) is 9.59 Å². The van der Waals surface area contributed by atoms with Gasteiger partial charge in [-0.15, -0.1) is 0 Å². The lowest BCUT2D eigenvalue weighted by Crippen LogP contribution is -2.38. The first-order valence-electron chi connectivity index (χ1n) is 10.8. The second-order valence-electron chi connectivity index (χ2n) is 8.27. The van der Waals surface area contributed by atoms with Gasteiger partial charge in [-0.25, -0.2) is 0 Å². The lowest BCUT2D eigenvalue weighted by Gasteiger charge is -2.29. The number of carbonyl (C=O) groups excluding carboxylic acids is 2. The van der Waals surface area contributed by atoms with E-state index in [1.54, 1.807) is 36.4 Å². The van der Waals surface area contributed by atoms with Gasteiger partial charge in [0, 0.05) is 28.8 Å². The fourth-order valence-corrected chi connectivity index (χ4v) is 5.15. The molecule has 1 aliphatic carbocycles. The molecule has 1 N–H and O–H groups in total. The van der Waals surface area contributed by atoms with Gasteiger partial charge in [0.05, 0.1) is 5.41 Å². The first kappa shape index (κ1) is 22.0. The van der Waals surface area contributed by atoms with Crippen LogP contribution < -0.4 is 10.1 Å². The monoisotopic (exact) mass is 460 g/mol. The molecule has 2 aliphatic rings. The van der Waals surface area contributed by atoms with Crippen molar-refractivity contribution in [2.24, 2.45) is 0 Å². The molecular weight excluding hydrogens is 435 g/mol. The van der Waals surface area contributed by atoms with Gasteiger partial charge in [0.15, 0.2) is 6.61 Å². The third kappa shape index (κ3) is 4.83. The summed E-state index contributed by atoms with van der Waals surface area (Å²) in [5, 5.41) is 4.12. The van der Waals surface area contributed by atoms with E-state index in [1.165, 1.54) is 0 Å². The van der Waals surface area contributed by atoms with Crippen molar-refractivity contribution < 1.29 is 14.3 Å². The first-order chi connectivity index (χ1) is 15.0. The van der Waals surface area contributed by atoms with Gasteiger partial charge in [0.1, 0.15) is 5.75 Å². The Morgan fingerprint density at radius 3 is 2.29 bits per heavy atom. The number of carbonyl (C=O) groups is 2. The topological polar surface area (TPSA) is 58.6 Å². The average Bonchev–Trinajstić information content (AvgIpc) is 3.46. The quantitative estimate of drug-likeness (QED) is 0.623. The van der Waals surface area contributed by atoms with Crippen molar-refractivity contribution >= 4 is 40.7 Å². The van der Waals surface area contributed by atoms with Crippen LogP contribution in [0.25, 0.3) is 0 Å². The third-order valence-electron chi connectivity index (χ3n) is 6.27. The fourth-order valence-electron chi connectivity index (χ4n) is 4.56. The van der Waals surface area contributed by atoms with E-state index in [4.69, 9.17) is 27.9 Å². The van der Waals surface area contributed by atoms with Crippen molar-refractivity contribution in [2.45, 2.75) is 43.9 Å². The summed E-state index contributed by atoms with van der Waals surface area (Å²) in [5.74, 6) is 0.548. The summed E-state index contributed by atoms with van der Waals surface area (Å²) in [5.41, 5.74) is 0.854. The zero-order valence-corrected chi connectivity index (χ0v) is 18.8. The Morgan fingerprint density at radius 1 is 0.968 bits per heavy atom. The normalized spacial score (nSPS) is 17.5. The molecule has 0 unspecified atom stereocenters. The molecule has 0 bridgehead atoms. The van der Waals surface area contributed by atoms with Crippen LogP contribution in [0.15, 0.2) is 42.5 Å². The maximum Gasteiger partial charge on any atom is 0.260 e. The first-order valence-corrected chi connectivity index (χ1v) is 11.5. The van der Waals surface area contributed by atoms with Crippen LogP contribution in [-0.2, 0) is 15.0 Å². The predicted octanol–water partition coefficient (Wildman–Crippen LogP) is 5.45. The highest BCUT2D eigenvalue weighted by Crippen LogP contribution is 2.45. The Bertz CT molecular complexity index is 950. The molecule has 5 nitrogen and oxygen atoms in total. The molecular formula is C24H26Cl2N2O3. The van der Waals surface area contributed by atoms with E-state index < -0.39 is 5.41 Å². The van der Waals surface area contributed by atoms with Gasteiger partial charge in [-0.1, -0.05) is 42.1 Å². The number of halogens is 2. The van der Waals surface area contributed by atoms with E-state index in [2.05, 4.69) is 5.32 Å². The van der Waals surface area contributed by atoms with Gasteiger partial charge < -0.3 is 15.0 Å². The zero-order valence-electron chi connectivity index (χ0n) is 17.3. The van der Waals surface area contributed by atoms with Gasteiger partial charge in [0.25, 0.3) is 5.91 Å². The van der Waals surface area contributed by atoms with Crippen LogP contribution in [0.2, 0.25) is 10.0 Å². The van der Waals surface area contributed by atoms with E-state index >= 15 is 0 Å². The molecule has 7 heteroatoms. The molecule has 1 heterocycles. The Labute approximate surface area is 192 Å². The lowest BCUT2D eigenvalue weighted by atomic mass is 9.78. The van der Waals surface area contributed by atoms with Gasteiger partial charge in [-0.3, -0.25) is 9.59 Å². The number of hydrogen-bond donors (Lipinski definition) is 1. The molecule has 1 aliphatic heterocycles. The third-order valence-corrected chi connectivity index (χ3v) is 6.82. The number of ether oxygens (including phenoxy) is 1. The molecule has 31 heavy (non-hydrogen) atoms. The van der Waals surface area contributed by atoms with Crippen LogP contribution in [0.3, 0.4) is 0 Å². The Morgan fingerprint density at radius 2 is 1.65 bits per heavy atom. The summed E-state index contributed by atoms with van der Waals surface area (Å²) in [7, 11) is 0. The van der Waals surface area contributed by atoms with Gasteiger partial charge in [-0.2, -0.15) is 0 Å². The number of likely N-dealkylation sites (tertiary alicyclic amines) is 1. The summed E-state index contributed by atoms with van der Waals surface area (Å²) >= 11 is 12.5. The average molecular weight is 461 g/mol. The van der Waals surface area contributed by atoms with Crippen molar-refractivity contribution in [2.75, 3.05) is 25.0 Å². The summed E-state index contributed by atoms with van der Waals surface area (Å²) < 4.78 is 5.62. The van der Waals surface area contributed by atoms with Crippen LogP contribution in [0, 0.1) is 0 Å². The maximum absolute atomic E-state index is 13.3. The number of hydrogen-bond acceptors (Lipinski definition) is 3. The minimum atomic E-state index is -0.654. The molecule has 0 spiro atoms. The minimum Gasteiger partial charge on any atom is -0.484 e. The summed E-state index contributed by atoms with van der Waals surface area (Å²) in [4.78, 5) is 27.3. The van der Waals surface area contributed by atoms with E-state index in [0.29, 0.717) is 21.5 Å². The van der Waals surface area contributed by atoms with Gasteiger partial charge in [-0.05, 0) is 67.6 Å². The number of amides is 2. The molecule has 4 rings (SSSR count). The number of rotatable bonds is 6. The molecule has 0 aromatic heterocycles. The van der Waals surface area contributed by atoms with Crippen LogP contribution in [0.4, 0.5) is 5.69 Å². The van der Waals surface area contributed by atoms with Crippen LogP contribution in [0.1, 0.15) is 44.1 Å². The second-order valence-corrected chi connectivity index (χ2v) is 9.11. The largest absolute Gasteiger partial charge is 0.484 e. The summed E-state index contributed by atoms with van der Waals surface area (Å²) in [6.07, 6.45) is 5.57. The Hall–Kier alpha value is -2.24. The molecule has 2 aromatic rings. The van der Waals surface area contributed by atoms with E-state index in [-0.39, 0.29) is 18.4 Å². The Balaban J connectivity index is 1.41. The molecule has 1 saturated heterocycles. The minimum absolute atomic E-state index is 0.0119. The SMILES string of the molecule is O=C(COc1ccc(NC(=O)C2(c3ccc(Cl)cc3Cl)CCCC2)cc1)N1CCCC1. The molecule has 2 amide bonds. The van der Waals surface area contributed by atoms with E-state index in [1.807, 2.05) is 11.0 Å². The van der Waals surface area contributed by atoms with Gasteiger partial charge >= 0.3 is 0 Å². The number of nitrogens with one attached hydrogen (secondary N) is 1. The van der Waals surface area contributed by atoms with Crippen LogP contribution in [-0.4, -0.2) is 36.4 Å². The highest BCUT2D eigenvalue weighted by atomic mass is 35.5. The number of benzene rings is 2. The predicted molar refractivity (Wildman–Crippen MR) is 123 cm³/mol. The molecule has 2 fully saturated rings. The van der Waals surface area contributed by atoms with Crippen molar-refractivity contribution in [3.63, 3.8) is 0 Å². The molecule has 1 saturated carbocycles. The number of nitrogens with zero attached hydrogens (tertiary/aromatic N) is 1. The summed E-state index contributed by atoms with van der Waals surface area (Å²) in [6, 6.07) is 12.5. The zero-order chi connectivity index (χ0) is 21.8. The number of anilines is 1. The second kappa shape index (κ2) is 9.49.